The lowest BCUT2D eigenvalue weighted by Crippen LogP contribution is -2.44. The topological polar surface area (TPSA) is 76.7 Å². The van der Waals surface area contributed by atoms with Gasteiger partial charge in [0.25, 0.3) is 0 Å². The second-order valence-electron chi connectivity index (χ2n) is 5.74. The lowest BCUT2D eigenvalue weighted by Gasteiger charge is -2.20. The number of alkyl carbamates (subject to hydrolysis) is 1. The zero-order valence-corrected chi connectivity index (χ0v) is 14.0. The summed E-state index contributed by atoms with van der Waals surface area (Å²) in [5.41, 5.74) is 0.937. The standard InChI is InChI=1S/C17H26N2O4/c1-13(2)9-15(10-18-11-16(20)22-3)19-17(21)23-12-14-7-5-4-6-8-14/h4-8,13,15,18H,9-12H2,1-3H3,(H,19,21)/t15-/m1/s1. The molecule has 1 aromatic rings. The van der Waals surface area contributed by atoms with Gasteiger partial charge in [0.1, 0.15) is 6.61 Å². The maximum Gasteiger partial charge on any atom is 0.407 e. The molecule has 1 aromatic carbocycles. The van der Waals surface area contributed by atoms with Crippen LogP contribution in [0.25, 0.3) is 0 Å². The molecule has 0 aliphatic carbocycles. The molecular weight excluding hydrogens is 296 g/mol. The number of nitrogens with one attached hydrogen (secondary N) is 2. The fourth-order valence-corrected chi connectivity index (χ4v) is 2.11. The first kappa shape index (κ1) is 19.0. The van der Waals surface area contributed by atoms with Crippen LogP contribution in [0, 0.1) is 5.92 Å². The predicted molar refractivity (Wildman–Crippen MR) is 87.9 cm³/mol. The minimum Gasteiger partial charge on any atom is -0.468 e. The summed E-state index contributed by atoms with van der Waals surface area (Å²) in [4.78, 5) is 23.0. The summed E-state index contributed by atoms with van der Waals surface area (Å²) >= 11 is 0. The maximum absolute atomic E-state index is 11.9. The number of carbonyl (C=O) groups is 2. The lowest BCUT2D eigenvalue weighted by atomic mass is 10.0. The largest absolute Gasteiger partial charge is 0.468 e. The van der Waals surface area contributed by atoms with Crippen LogP contribution in [0.2, 0.25) is 0 Å². The SMILES string of the molecule is COC(=O)CNC[C@@H](CC(C)C)NC(=O)OCc1ccccc1. The van der Waals surface area contributed by atoms with Crippen molar-refractivity contribution >= 4 is 12.1 Å². The molecule has 1 amide bonds. The van der Waals surface area contributed by atoms with Gasteiger partial charge < -0.3 is 20.1 Å². The van der Waals surface area contributed by atoms with Crippen LogP contribution in [-0.2, 0) is 20.9 Å². The van der Waals surface area contributed by atoms with E-state index in [0.29, 0.717) is 12.5 Å². The fraction of sp³-hybridized carbons (Fsp3) is 0.529. The first-order valence-corrected chi connectivity index (χ1v) is 7.76. The average molecular weight is 322 g/mol. The van der Waals surface area contributed by atoms with Crippen molar-refractivity contribution in [2.45, 2.75) is 32.9 Å². The minimum atomic E-state index is -0.459. The summed E-state index contributed by atoms with van der Waals surface area (Å²) < 4.78 is 9.79. The van der Waals surface area contributed by atoms with E-state index in [9.17, 15) is 9.59 Å². The molecule has 0 bridgehead atoms. The second kappa shape index (κ2) is 10.6. The van der Waals surface area contributed by atoms with Crippen LogP contribution in [0.15, 0.2) is 30.3 Å². The Morgan fingerprint density at radius 1 is 1.17 bits per heavy atom. The predicted octanol–water partition coefficient (Wildman–Crippen LogP) is 2.09. The van der Waals surface area contributed by atoms with Gasteiger partial charge in [-0.15, -0.1) is 0 Å². The van der Waals surface area contributed by atoms with Crippen LogP contribution < -0.4 is 10.6 Å². The molecule has 0 saturated heterocycles. The monoisotopic (exact) mass is 322 g/mol. The molecule has 0 heterocycles. The van der Waals surface area contributed by atoms with E-state index < -0.39 is 6.09 Å². The Bertz CT molecular complexity index is 477. The van der Waals surface area contributed by atoms with Gasteiger partial charge in [-0.25, -0.2) is 4.79 Å². The lowest BCUT2D eigenvalue weighted by molar-refractivity contribution is -0.139. The normalized spacial score (nSPS) is 11.8. The smallest absolute Gasteiger partial charge is 0.407 e. The van der Waals surface area contributed by atoms with E-state index in [2.05, 4.69) is 29.2 Å². The molecule has 0 unspecified atom stereocenters. The number of rotatable bonds is 9. The van der Waals surface area contributed by atoms with Crippen LogP contribution in [0.4, 0.5) is 4.79 Å². The Morgan fingerprint density at radius 2 is 1.87 bits per heavy atom. The summed E-state index contributed by atoms with van der Waals surface area (Å²) in [7, 11) is 1.34. The number of carbonyl (C=O) groups excluding carboxylic acids is 2. The van der Waals surface area contributed by atoms with Gasteiger partial charge >= 0.3 is 12.1 Å². The highest BCUT2D eigenvalue weighted by Crippen LogP contribution is 2.05. The van der Waals surface area contributed by atoms with Gasteiger partial charge in [0.15, 0.2) is 0 Å². The molecule has 0 radical (unpaired) electrons. The van der Waals surface area contributed by atoms with E-state index in [1.807, 2.05) is 30.3 Å². The fourth-order valence-electron chi connectivity index (χ4n) is 2.11. The molecule has 0 saturated carbocycles. The molecule has 128 valence electrons. The molecule has 0 aliphatic rings. The van der Waals surface area contributed by atoms with E-state index in [1.54, 1.807) is 0 Å². The van der Waals surface area contributed by atoms with Crippen LogP contribution in [-0.4, -0.2) is 38.3 Å². The van der Waals surface area contributed by atoms with Crippen molar-refractivity contribution in [3.05, 3.63) is 35.9 Å². The Morgan fingerprint density at radius 3 is 2.48 bits per heavy atom. The van der Waals surface area contributed by atoms with Crippen molar-refractivity contribution in [3.8, 4) is 0 Å². The van der Waals surface area contributed by atoms with Crippen LogP contribution >= 0.6 is 0 Å². The molecular formula is C17H26N2O4. The highest BCUT2D eigenvalue weighted by Gasteiger charge is 2.15. The Balaban J connectivity index is 2.38. The van der Waals surface area contributed by atoms with Crippen LogP contribution in [0.1, 0.15) is 25.8 Å². The van der Waals surface area contributed by atoms with Crippen molar-refractivity contribution < 1.29 is 19.1 Å². The molecule has 1 atom stereocenters. The van der Waals surface area contributed by atoms with Gasteiger partial charge in [0, 0.05) is 12.6 Å². The number of amides is 1. The van der Waals surface area contributed by atoms with Crippen molar-refractivity contribution in [1.29, 1.82) is 0 Å². The van der Waals surface area contributed by atoms with E-state index in [1.165, 1.54) is 7.11 Å². The van der Waals surface area contributed by atoms with Crippen molar-refractivity contribution in [2.24, 2.45) is 5.92 Å². The molecule has 0 fully saturated rings. The number of ether oxygens (including phenoxy) is 2. The van der Waals surface area contributed by atoms with Crippen molar-refractivity contribution in [2.75, 3.05) is 20.2 Å². The van der Waals surface area contributed by atoms with Gasteiger partial charge in [-0.1, -0.05) is 44.2 Å². The summed E-state index contributed by atoms with van der Waals surface area (Å²) in [5.74, 6) is 0.0781. The summed E-state index contributed by atoms with van der Waals surface area (Å²) in [6, 6.07) is 9.40. The van der Waals surface area contributed by atoms with E-state index in [4.69, 9.17) is 4.74 Å². The summed E-state index contributed by atoms with van der Waals surface area (Å²) in [6.45, 7) is 4.98. The van der Waals surface area contributed by atoms with Gasteiger partial charge in [-0.05, 0) is 17.9 Å². The minimum absolute atomic E-state index is 0.108. The third-order valence-electron chi connectivity index (χ3n) is 3.18. The number of methoxy groups -OCH3 is 1. The molecule has 23 heavy (non-hydrogen) atoms. The Kier molecular flexibility index (Phi) is 8.75. The van der Waals surface area contributed by atoms with Gasteiger partial charge in [-0.3, -0.25) is 4.79 Å². The van der Waals surface area contributed by atoms with Crippen LogP contribution in [0.3, 0.4) is 0 Å². The van der Waals surface area contributed by atoms with Crippen molar-refractivity contribution in [3.63, 3.8) is 0 Å². The van der Waals surface area contributed by atoms with Gasteiger partial charge in [-0.2, -0.15) is 0 Å². The van der Waals surface area contributed by atoms with Crippen LogP contribution in [0.5, 0.6) is 0 Å². The first-order chi connectivity index (χ1) is 11.0. The van der Waals surface area contributed by atoms with E-state index >= 15 is 0 Å². The number of hydrogen-bond acceptors (Lipinski definition) is 5. The van der Waals surface area contributed by atoms with E-state index in [0.717, 1.165) is 12.0 Å². The first-order valence-electron chi connectivity index (χ1n) is 7.76. The summed E-state index contributed by atoms with van der Waals surface area (Å²) in [6.07, 6.45) is 0.327. The zero-order valence-electron chi connectivity index (χ0n) is 14.0. The second-order valence-corrected chi connectivity index (χ2v) is 5.74. The number of esters is 1. The highest BCUT2D eigenvalue weighted by atomic mass is 16.5. The Hall–Kier alpha value is -2.08. The summed E-state index contributed by atoms with van der Waals surface area (Å²) in [5, 5.41) is 5.81. The molecule has 0 aliphatic heterocycles. The molecule has 6 nitrogen and oxygen atoms in total. The molecule has 6 heteroatoms. The third-order valence-corrected chi connectivity index (χ3v) is 3.18. The quantitative estimate of drug-likeness (QED) is 0.681. The average Bonchev–Trinajstić information content (AvgIpc) is 2.53. The number of benzene rings is 1. The maximum atomic E-state index is 11.9. The van der Waals surface area contributed by atoms with Crippen molar-refractivity contribution in [1.82, 2.24) is 10.6 Å². The van der Waals surface area contributed by atoms with Gasteiger partial charge in [0.2, 0.25) is 0 Å². The third kappa shape index (κ3) is 8.83. The molecule has 0 spiro atoms. The van der Waals surface area contributed by atoms with Gasteiger partial charge in [0.05, 0.1) is 13.7 Å². The Labute approximate surface area is 137 Å². The zero-order chi connectivity index (χ0) is 17.1. The molecule has 2 N–H and O–H groups in total. The van der Waals surface area contributed by atoms with E-state index in [-0.39, 0.29) is 25.2 Å². The highest BCUT2D eigenvalue weighted by molar-refractivity contribution is 5.71. The number of hydrogen-bond donors (Lipinski definition) is 2. The molecule has 0 aromatic heterocycles. The molecule has 1 rings (SSSR count).